The average Bonchev–Trinajstić information content (AvgIpc) is 3.26. The summed E-state index contributed by atoms with van der Waals surface area (Å²) in [5.41, 5.74) is 1.60. The van der Waals surface area contributed by atoms with E-state index in [2.05, 4.69) is 31.4 Å². The van der Waals surface area contributed by atoms with Crippen LogP contribution in [0.1, 0.15) is 12.2 Å². The number of carbonyl (C=O) groups is 2. The summed E-state index contributed by atoms with van der Waals surface area (Å²) < 4.78 is 2.86. The standard InChI is InChI=1S/C19H18BrN5O2/c20-14-4-6-15(7-5-14)25-12-13(11-18(25)26)19(27)21-9-8-17-23-22-16-3-1-2-10-24(16)17/h1-7,10,13H,8-9,11-12H2,(H,21,27)/t13-/m0/s1. The second kappa shape index (κ2) is 7.48. The number of nitrogens with zero attached hydrogens (tertiary/aromatic N) is 4. The topological polar surface area (TPSA) is 79.6 Å². The molecule has 8 heteroatoms. The molecular formula is C19H18BrN5O2. The summed E-state index contributed by atoms with van der Waals surface area (Å²) in [4.78, 5) is 26.4. The molecule has 0 radical (unpaired) electrons. The number of amides is 2. The van der Waals surface area contributed by atoms with E-state index in [1.807, 2.05) is 53.1 Å². The molecule has 1 fully saturated rings. The minimum Gasteiger partial charge on any atom is -0.355 e. The highest BCUT2D eigenvalue weighted by Crippen LogP contribution is 2.26. The molecule has 4 rings (SSSR count). The van der Waals surface area contributed by atoms with Crippen molar-refractivity contribution in [1.82, 2.24) is 19.9 Å². The molecule has 1 aromatic carbocycles. The normalized spacial score (nSPS) is 16.9. The van der Waals surface area contributed by atoms with Gasteiger partial charge in [-0.1, -0.05) is 22.0 Å². The van der Waals surface area contributed by atoms with Gasteiger partial charge in [0.25, 0.3) is 0 Å². The van der Waals surface area contributed by atoms with E-state index in [4.69, 9.17) is 0 Å². The summed E-state index contributed by atoms with van der Waals surface area (Å²) in [6.07, 6.45) is 2.71. The van der Waals surface area contributed by atoms with E-state index < -0.39 is 0 Å². The molecule has 138 valence electrons. The molecule has 0 spiro atoms. The van der Waals surface area contributed by atoms with Crippen molar-refractivity contribution in [3.8, 4) is 0 Å². The molecule has 0 saturated carbocycles. The quantitative estimate of drug-likeness (QED) is 0.676. The van der Waals surface area contributed by atoms with Crippen LogP contribution < -0.4 is 10.2 Å². The Morgan fingerprint density at radius 3 is 2.81 bits per heavy atom. The van der Waals surface area contributed by atoms with E-state index in [1.165, 1.54) is 0 Å². The minimum atomic E-state index is -0.337. The van der Waals surface area contributed by atoms with E-state index in [0.717, 1.165) is 21.6 Å². The Balaban J connectivity index is 1.33. The van der Waals surface area contributed by atoms with Crippen molar-refractivity contribution < 1.29 is 9.59 Å². The van der Waals surface area contributed by atoms with Crippen LogP contribution in [0, 0.1) is 5.92 Å². The second-order valence-corrected chi connectivity index (χ2v) is 7.38. The van der Waals surface area contributed by atoms with E-state index in [1.54, 1.807) is 4.90 Å². The molecule has 27 heavy (non-hydrogen) atoms. The Labute approximate surface area is 164 Å². The zero-order valence-corrected chi connectivity index (χ0v) is 16.1. The Morgan fingerprint density at radius 1 is 1.19 bits per heavy atom. The fraction of sp³-hybridized carbons (Fsp3) is 0.263. The number of pyridine rings is 1. The fourth-order valence-electron chi connectivity index (χ4n) is 3.26. The molecule has 0 unspecified atom stereocenters. The van der Waals surface area contributed by atoms with Gasteiger partial charge in [0.1, 0.15) is 5.82 Å². The van der Waals surface area contributed by atoms with Crippen molar-refractivity contribution in [2.24, 2.45) is 5.92 Å². The summed E-state index contributed by atoms with van der Waals surface area (Å²) in [5.74, 6) is 0.332. The number of hydrogen-bond donors (Lipinski definition) is 1. The van der Waals surface area contributed by atoms with Crippen molar-refractivity contribution in [3.05, 3.63) is 59.0 Å². The van der Waals surface area contributed by atoms with Gasteiger partial charge in [-0.25, -0.2) is 0 Å². The lowest BCUT2D eigenvalue weighted by molar-refractivity contribution is -0.126. The van der Waals surface area contributed by atoms with Crippen LogP contribution in [0.3, 0.4) is 0 Å². The molecule has 1 atom stereocenters. The molecule has 1 aliphatic heterocycles. The van der Waals surface area contributed by atoms with Gasteiger partial charge >= 0.3 is 0 Å². The Bertz CT molecular complexity index is 985. The Kier molecular flexibility index (Phi) is 4.89. The smallest absolute Gasteiger partial charge is 0.227 e. The number of carbonyl (C=O) groups excluding carboxylic acids is 2. The van der Waals surface area contributed by atoms with Crippen LogP contribution in [0.25, 0.3) is 5.65 Å². The molecule has 3 aromatic rings. The highest BCUT2D eigenvalue weighted by atomic mass is 79.9. The summed E-state index contributed by atoms with van der Waals surface area (Å²) in [5, 5.41) is 11.2. The molecule has 0 bridgehead atoms. The molecule has 1 saturated heterocycles. The zero-order valence-electron chi connectivity index (χ0n) is 14.5. The van der Waals surface area contributed by atoms with E-state index >= 15 is 0 Å². The largest absolute Gasteiger partial charge is 0.355 e. The minimum absolute atomic E-state index is 0.0269. The van der Waals surface area contributed by atoms with Gasteiger partial charge in [-0.3, -0.25) is 14.0 Å². The van der Waals surface area contributed by atoms with Crippen molar-refractivity contribution in [2.75, 3.05) is 18.0 Å². The van der Waals surface area contributed by atoms with E-state index in [0.29, 0.717) is 19.5 Å². The summed E-state index contributed by atoms with van der Waals surface area (Å²) >= 11 is 3.39. The van der Waals surface area contributed by atoms with Crippen molar-refractivity contribution >= 4 is 39.1 Å². The van der Waals surface area contributed by atoms with Gasteiger partial charge in [0, 0.05) is 42.3 Å². The highest BCUT2D eigenvalue weighted by molar-refractivity contribution is 9.10. The van der Waals surface area contributed by atoms with Gasteiger partial charge in [0.05, 0.1) is 5.92 Å². The van der Waals surface area contributed by atoms with E-state index in [-0.39, 0.29) is 24.2 Å². The number of halogens is 1. The molecule has 2 amide bonds. The molecule has 0 aliphatic carbocycles. The van der Waals surface area contributed by atoms with Gasteiger partial charge in [-0.05, 0) is 36.4 Å². The molecule has 3 heterocycles. The van der Waals surface area contributed by atoms with Gasteiger partial charge in [-0.2, -0.15) is 0 Å². The number of anilines is 1. The Morgan fingerprint density at radius 2 is 2.00 bits per heavy atom. The molecule has 1 aliphatic rings. The Hall–Kier alpha value is -2.74. The molecule has 1 N–H and O–H groups in total. The van der Waals surface area contributed by atoms with Crippen LogP contribution in [0.2, 0.25) is 0 Å². The first-order chi connectivity index (χ1) is 13.1. The summed E-state index contributed by atoms with van der Waals surface area (Å²) in [6.45, 7) is 0.859. The number of fused-ring (bicyclic) bond motifs is 1. The molecular weight excluding hydrogens is 410 g/mol. The predicted octanol–water partition coefficient (Wildman–Crippen LogP) is 2.20. The SMILES string of the molecule is O=C(NCCc1nnc2ccccn12)[C@H]1CC(=O)N(c2ccc(Br)cc2)C1. The third-order valence-electron chi connectivity index (χ3n) is 4.67. The van der Waals surface area contributed by atoms with Crippen molar-refractivity contribution in [3.63, 3.8) is 0 Å². The number of hydrogen-bond acceptors (Lipinski definition) is 4. The lowest BCUT2D eigenvalue weighted by Crippen LogP contribution is -2.34. The van der Waals surface area contributed by atoms with E-state index in [9.17, 15) is 9.59 Å². The first kappa shape index (κ1) is 17.7. The lowest BCUT2D eigenvalue weighted by atomic mass is 10.1. The zero-order chi connectivity index (χ0) is 18.8. The van der Waals surface area contributed by atoms with Gasteiger partial charge in [0.2, 0.25) is 11.8 Å². The summed E-state index contributed by atoms with van der Waals surface area (Å²) in [7, 11) is 0. The van der Waals surface area contributed by atoms with Gasteiger partial charge in [-0.15, -0.1) is 10.2 Å². The number of benzene rings is 1. The monoisotopic (exact) mass is 427 g/mol. The van der Waals surface area contributed by atoms with Crippen LogP contribution in [0.15, 0.2) is 53.1 Å². The number of rotatable bonds is 5. The third kappa shape index (κ3) is 3.71. The van der Waals surface area contributed by atoms with Crippen LogP contribution in [-0.2, 0) is 16.0 Å². The third-order valence-corrected chi connectivity index (χ3v) is 5.19. The van der Waals surface area contributed by atoms with Crippen molar-refractivity contribution in [1.29, 1.82) is 0 Å². The summed E-state index contributed by atoms with van der Waals surface area (Å²) in [6, 6.07) is 13.2. The highest BCUT2D eigenvalue weighted by Gasteiger charge is 2.34. The number of nitrogens with one attached hydrogen (secondary N) is 1. The van der Waals surface area contributed by atoms with Crippen LogP contribution in [-0.4, -0.2) is 39.5 Å². The maximum atomic E-state index is 12.5. The van der Waals surface area contributed by atoms with Gasteiger partial charge in [0.15, 0.2) is 5.65 Å². The van der Waals surface area contributed by atoms with Crippen LogP contribution in [0.4, 0.5) is 5.69 Å². The van der Waals surface area contributed by atoms with Crippen molar-refractivity contribution in [2.45, 2.75) is 12.8 Å². The lowest BCUT2D eigenvalue weighted by Gasteiger charge is -2.16. The van der Waals surface area contributed by atoms with Crippen LogP contribution in [0.5, 0.6) is 0 Å². The predicted molar refractivity (Wildman–Crippen MR) is 104 cm³/mol. The first-order valence-electron chi connectivity index (χ1n) is 8.74. The van der Waals surface area contributed by atoms with Gasteiger partial charge < -0.3 is 10.2 Å². The first-order valence-corrected chi connectivity index (χ1v) is 9.53. The maximum absolute atomic E-state index is 12.5. The number of aromatic nitrogens is 3. The molecule has 2 aromatic heterocycles. The maximum Gasteiger partial charge on any atom is 0.227 e. The average molecular weight is 428 g/mol. The molecule has 7 nitrogen and oxygen atoms in total. The van der Waals surface area contributed by atoms with Crippen LogP contribution >= 0.6 is 15.9 Å². The fourth-order valence-corrected chi connectivity index (χ4v) is 3.52. The second-order valence-electron chi connectivity index (χ2n) is 6.47.